The highest BCUT2D eigenvalue weighted by molar-refractivity contribution is 5.79. The molecule has 1 unspecified atom stereocenters. The Morgan fingerprint density at radius 1 is 1.16 bits per heavy atom. The van der Waals surface area contributed by atoms with E-state index in [2.05, 4.69) is 79.4 Å². The molecule has 7 heteroatoms. The molecule has 1 aromatic carbocycles. The third-order valence-corrected chi connectivity index (χ3v) is 5.42. The summed E-state index contributed by atoms with van der Waals surface area (Å²) >= 11 is 0. The number of oxazole rings is 1. The number of guanidine groups is 1. The van der Waals surface area contributed by atoms with Gasteiger partial charge < -0.3 is 19.8 Å². The van der Waals surface area contributed by atoms with Gasteiger partial charge in [0.15, 0.2) is 5.96 Å². The molecule has 7 nitrogen and oxygen atoms in total. The number of aliphatic imine (C=N–C) groups is 1. The van der Waals surface area contributed by atoms with E-state index in [4.69, 9.17) is 14.1 Å². The standard InChI is InChI=1S/C24H37N5O2/c1-6-25-23(28-17-22-26-16-21(31-22)24(3,4)5)27-15-20(29-11-13-30-14-12-29)19-9-7-18(2)8-10-19/h7-10,16,20H,6,11-15,17H2,1-5H3,(H2,25,27,28). The van der Waals surface area contributed by atoms with E-state index in [0.717, 1.165) is 51.1 Å². The second-order valence-corrected chi connectivity index (χ2v) is 9.02. The van der Waals surface area contributed by atoms with Gasteiger partial charge in [-0.25, -0.2) is 9.98 Å². The summed E-state index contributed by atoms with van der Waals surface area (Å²) in [6.07, 6.45) is 1.80. The van der Waals surface area contributed by atoms with Gasteiger partial charge in [0, 0.05) is 31.6 Å². The second-order valence-electron chi connectivity index (χ2n) is 9.02. The van der Waals surface area contributed by atoms with Crippen molar-refractivity contribution >= 4 is 5.96 Å². The highest BCUT2D eigenvalue weighted by Crippen LogP contribution is 2.23. The number of rotatable bonds is 7. The summed E-state index contributed by atoms with van der Waals surface area (Å²) in [5.74, 6) is 2.27. The van der Waals surface area contributed by atoms with E-state index in [1.807, 2.05) is 0 Å². The van der Waals surface area contributed by atoms with Crippen LogP contribution in [0.25, 0.3) is 0 Å². The van der Waals surface area contributed by atoms with Crippen molar-refractivity contribution < 1.29 is 9.15 Å². The number of nitrogens with zero attached hydrogens (tertiary/aromatic N) is 3. The third-order valence-electron chi connectivity index (χ3n) is 5.42. The normalized spacial score (nSPS) is 16.9. The minimum atomic E-state index is -0.0584. The number of nitrogens with one attached hydrogen (secondary N) is 2. The van der Waals surface area contributed by atoms with Crippen LogP contribution in [-0.2, 0) is 16.7 Å². The van der Waals surface area contributed by atoms with Crippen molar-refractivity contribution in [3.05, 3.63) is 53.2 Å². The van der Waals surface area contributed by atoms with Crippen LogP contribution >= 0.6 is 0 Å². The Hall–Kier alpha value is -2.38. The maximum absolute atomic E-state index is 5.88. The highest BCUT2D eigenvalue weighted by atomic mass is 16.5. The minimum Gasteiger partial charge on any atom is -0.443 e. The largest absolute Gasteiger partial charge is 0.443 e. The lowest BCUT2D eigenvalue weighted by molar-refractivity contribution is 0.0170. The fraction of sp³-hybridized carbons (Fsp3) is 0.583. The van der Waals surface area contributed by atoms with Crippen LogP contribution < -0.4 is 10.6 Å². The van der Waals surface area contributed by atoms with E-state index >= 15 is 0 Å². The third kappa shape index (κ3) is 6.80. The minimum absolute atomic E-state index is 0.0584. The zero-order valence-electron chi connectivity index (χ0n) is 19.6. The van der Waals surface area contributed by atoms with Crippen molar-refractivity contribution in [2.45, 2.75) is 52.6 Å². The van der Waals surface area contributed by atoms with Crippen molar-refractivity contribution in [1.82, 2.24) is 20.5 Å². The van der Waals surface area contributed by atoms with Crippen LogP contribution in [0.5, 0.6) is 0 Å². The number of aryl methyl sites for hydroxylation is 1. The molecule has 0 bridgehead atoms. The lowest BCUT2D eigenvalue weighted by atomic mass is 9.94. The number of morpholine rings is 1. The van der Waals surface area contributed by atoms with Gasteiger partial charge in [-0.15, -0.1) is 0 Å². The molecule has 0 spiro atoms. The van der Waals surface area contributed by atoms with Crippen LogP contribution in [0.2, 0.25) is 0 Å². The molecule has 0 amide bonds. The number of hydrogen-bond acceptors (Lipinski definition) is 5. The molecule has 1 saturated heterocycles. The van der Waals surface area contributed by atoms with Crippen molar-refractivity contribution in [2.24, 2.45) is 4.99 Å². The predicted octanol–water partition coefficient (Wildman–Crippen LogP) is 3.41. The Morgan fingerprint density at radius 2 is 1.87 bits per heavy atom. The van der Waals surface area contributed by atoms with Gasteiger partial charge in [-0.2, -0.15) is 0 Å². The first kappa shape index (κ1) is 23.3. The van der Waals surface area contributed by atoms with Gasteiger partial charge in [0.1, 0.15) is 12.3 Å². The Morgan fingerprint density at radius 3 is 2.48 bits per heavy atom. The molecule has 1 aromatic heterocycles. The maximum Gasteiger partial charge on any atom is 0.216 e. The topological polar surface area (TPSA) is 74.9 Å². The predicted molar refractivity (Wildman–Crippen MR) is 124 cm³/mol. The molecule has 170 valence electrons. The van der Waals surface area contributed by atoms with E-state index in [9.17, 15) is 0 Å². The first-order valence-corrected chi connectivity index (χ1v) is 11.2. The summed E-state index contributed by atoms with van der Waals surface area (Å²) in [7, 11) is 0. The lowest BCUT2D eigenvalue weighted by Crippen LogP contribution is -2.46. The van der Waals surface area contributed by atoms with Crippen LogP contribution in [0, 0.1) is 6.92 Å². The lowest BCUT2D eigenvalue weighted by Gasteiger charge is -2.35. The van der Waals surface area contributed by atoms with Crippen LogP contribution in [0.15, 0.2) is 39.9 Å². The molecule has 0 radical (unpaired) electrons. The van der Waals surface area contributed by atoms with Crippen molar-refractivity contribution in [3.63, 3.8) is 0 Å². The molecular weight excluding hydrogens is 390 g/mol. The Bertz CT molecular complexity index is 832. The molecule has 2 N–H and O–H groups in total. The fourth-order valence-corrected chi connectivity index (χ4v) is 3.55. The van der Waals surface area contributed by atoms with E-state index in [-0.39, 0.29) is 11.5 Å². The summed E-state index contributed by atoms with van der Waals surface area (Å²) in [6, 6.07) is 9.06. The molecular formula is C24H37N5O2. The van der Waals surface area contributed by atoms with Crippen molar-refractivity contribution in [3.8, 4) is 0 Å². The molecule has 1 fully saturated rings. The smallest absolute Gasteiger partial charge is 0.216 e. The van der Waals surface area contributed by atoms with Gasteiger partial charge in [0.05, 0.1) is 25.5 Å². The van der Waals surface area contributed by atoms with Crippen LogP contribution in [0.3, 0.4) is 0 Å². The van der Waals surface area contributed by atoms with Crippen LogP contribution in [0.1, 0.15) is 56.5 Å². The average Bonchev–Trinajstić information content (AvgIpc) is 3.24. The van der Waals surface area contributed by atoms with Crippen LogP contribution in [-0.4, -0.2) is 55.2 Å². The van der Waals surface area contributed by atoms with Gasteiger partial charge in [0.25, 0.3) is 0 Å². The quantitative estimate of drug-likeness (QED) is 0.521. The molecule has 2 aromatic rings. The SMILES string of the molecule is CCNC(=NCc1ncc(C(C)(C)C)o1)NCC(c1ccc(C)cc1)N1CCOCC1. The van der Waals surface area contributed by atoms with Gasteiger partial charge in [-0.05, 0) is 19.4 Å². The Balaban J connectivity index is 1.69. The molecule has 1 aliphatic rings. The first-order valence-electron chi connectivity index (χ1n) is 11.2. The summed E-state index contributed by atoms with van der Waals surface area (Å²) in [4.78, 5) is 11.6. The molecule has 2 heterocycles. The van der Waals surface area contributed by atoms with Crippen molar-refractivity contribution in [1.29, 1.82) is 0 Å². The zero-order chi connectivity index (χ0) is 22.3. The second kappa shape index (κ2) is 10.8. The average molecular weight is 428 g/mol. The highest BCUT2D eigenvalue weighted by Gasteiger charge is 2.23. The van der Waals surface area contributed by atoms with Crippen molar-refractivity contribution in [2.75, 3.05) is 39.4 Å². The Kier molecular flexibility index (Phi) is 8.09. The van der Waals surface area contributed by atoms with Gasteiger partial charge in [-0.3, -0.25) is 4.90 Å². The van der Waals surface area contributed by atoms with E-state index < -0.39 is 0 Å². The summed E-state index contributed by atoms with van der Waals surface area (Å²) in [6.45, 7) is 15.9. The van der Waals surface area contributed by atoms with Crippen LogP contribution in [0.4, 0.5) is 0 Å². The number of benzene rings is 1. The van der Waals surface area contributed by atoms with E-state index in [1.54, 1.807) is 6.20 Å². The van der Waals surface area contributed by atoms with Gasteiger partial charge >= 0.3 is 0 Å². The monoisotopic (exact) mass is 427 g/mol. The Labute approximate surface area is 186 Å². The van der Waals surface area contributed by atoms with Gasteiger partial charge in [0.2, 0.25) is 5.89 Å². The first-order chi connectivity index (χ1) is 14.9. The molecule has 1 aliphatic heterocycles. The molecule has 0 saturated carbocycles. The molecule has 0 aliphatic carbocycles. The molecule has 3 rings (SSSR count). The zero-order valence-corrected chi connectivity index (χ0v) is 19.6. The number of aromatic nitrogens is 1. The summed E-state index contributed by atoms with van der Waals surface area (Å²) in [5.41, 5.74) is 2.52. The van der Waals surface area contributed by atoms with Gasteiger partial charge in [-0.1, -0.05) is 50.6 Å². The summed E-state index contributed by atoms with van der Waals surface area (Å²) in [5, 5.41) is 6.86. The number of hydrogen-bond donors (Lipinski definition) is 2. The molecule has 31 heavy (non-hydrogen) atoms. The van der Waals surface area contributed by atoms with E-state index in [1.165, 1.54) is 11.1 Å². The molecule has 1 atom stereocenters. The van der Waals surface area contributed by atoms with E-state index in [0.29, 0.717) is 12.4 Å². The number of ether oxygens (including phenoxy) is 1. The summed E-state index contributed by atoms with van der Waals surface area (Å²) < 4.78 is 11.4. The fourth-order valence-electron chi connectivity index (χ4n) is 3.55. The maximum atomic E-state index is 5.88.